The molecule has 6 heterocycles. The topological polar surface area (TPSA) is 193 Å². The summed E-state index contributed by atoms with van der Waals surface area (Å²) in [6.07, 6.45) is 4.96. The summed E-state index contributed by atoms with van der Waals surface area (Å²) < 4.78 is 22.6. The second kappa shape index (κ2) is 17.8. The number of hydrogen-bond acceptors (Lipinski definition) is 10. The number of fused-ring (bicyclic) bond motifs is 6. The van der Waals surface area contributed by atoms with E-state index in [9.17, 15) is 19.2 Å². The Hall–Kier alpha value is -6.16. The Labute approximate surface area is 391 Å². The molecule has 6 atom stereocenters. The largest absolute Gasteiger partial charge is 0.488 e. The third-order valence-corrected chi connectivity index (χ3v) is 14.4. The number of carbonyl (C=O) groups excluding carboxylic acids is 4. The average Bonchev–Trinajstić information content (AvgIpc) is 4.11. The van der Waals surface area contributed by atoms with Crippen LogP contribution < -0.4 is 15.4 Å². The molecular weight excluding hydrogens is 853 g/mol. The van der Waals surface area contributed by atoms with Crippen LogP contribution in [0.4, 0.5) is 9.59 Å². The summed E-state index contributed by atoms with van der Waals surface area (Å²) >= 11 is 0. The number of amides is 4. The zero-order chi connectivity index (χ0) is 47.5. The molecule has 67 heavy (non-hydrogen) atoms. The predicted molar refractivity (Wildman–Crippen MR) is 253 cm³/mol. The number of likely N-dealkylation sites (tertiary alicyclic amines) is 2. The molecule has 4 aliphatic heterocycles. The molecule has 3 fully saturated rings. The lowest BCUT2D eigenvalue weighted by Gasteiger charge is -2.43. The van der Waals surface area contributed by atoms with Crippen LogP contribution >= 0.6 is 0 Å². The number of ether oxygens (including phenoxy) is 4. The lowest BCUT2D eigenvalue weighted by Crippen LogP contribution is -2.59. The highest BCUT2D eigenvalue weighted by atomic mass is 16.6. The third-order valence-electron chi connectivity index (χ3n) is 14.4. The van der Waals surface area contributed by atoms with Gasteiger partial charge in [-0.1, -0.05) is 39.0 Å². The summed E-state index contributed by atoms with van der Waals surface area (Å²) in [4.78, 5) is 75.0. The molecule has 356 valence electrons. The molecule has 0 aliphatic carbocycles. The van der Waals surface area contributed by atoms with Crippen molar-refractivity contribution in [2.24, 2.45) is 11.3 Å². The Bertz CT molecular complexity index is 2710. The van der Waals surface area contributed by atoms with Gasteiger partial charge in [0.15, 0.2) is 0 Å². The molecule has 3 saturated heterocycles. The van der Waals surface area contributed by atoms with Gasteiger partial charge in [0.1, 0.15) is 41.7 Å². The molecule has 9 rings (SSSR count). The van der Waals surface area contributed by atoms with Crippen molar-refractivity contribution in [1.82, 2.24) is 40.4 Å². The van der Waals surface area contributed by atoms with E-state index >= 15 is 0 Å². The van der Waals surface area contributed by atoms with E-state index in [4.69, 9.17) is 28.9 Å². The Kier molecular flexibility index (Phi) is 12.2. The van der Waals surface area contributed by atoms with Crippen LogP contribution in [-0.4, -0.2) is 104 Å². The average molecular weight is 917 g/mol. The van der Waals surface area contributed by atoms with Crippen LogP contribution in [0, 0.1) is 11.3 Å². The highest BCUT2D eigenvalue weighted by Gasteiger charge is 2.48. The van der Waals surface area contributed by atoms with Gasteiger partial charge >= 0.3 is 12.2 Å². The molecule has 16 nitrogen and oxygen atoms in total. The van der Waals surface area contributed by atoms with Gasteiger partial charge in [0.05, 0.1) is 42.1 Å². The highest BCUT2D eigenvalue weighted by molar-refractivity contribution is 6.07. The second-order valence-corrected chi connectivity index (χ2v) is 20.6. The number of aromatic nitrogens is 4. The van der Waals surface area contributed by atoms with Gasteiger partial charge in [-0.2, -0.15) is 0 Å². The van der Waals surface area contributed by atoms with Gasteiger partial charge < -0.3 is 49.3 Å². The molecule has 0 saturated carbocycles. The number of methoxy groups -OCH3 is 1. The van der Waals surface area contributed by atoms with Gasteiger partial charge in [-0.3, -0.25) is 9.59 Å². The van der Waals surface area contributed by atoms with Crippen LogP contribution in [0.5, 0.6) is 5.75 Å². The van der Waals surface area contributed by atoms with Crippen LogP contribution in [0.25, 0.3) is 44.2 Å². The molecule has 2 aromatic heterocycles. The van der Waals surface area contributed by atoms with Crippen molar-refractivity contribution in [2.75, 3.05) is 20.3 Å². The zero-order valence-corrected chi connectivity index (χ0v) is 40.1. The Morgan fingerprint density at radius 3 is 2.24 bits per heavy atom. The fourth-order valence-corrected chi connectivity index (χ4v) is 10.6. The van der Waals surface area contributed by atoms with Crippen LogP contribution in [0.2, 0.25) is 0 Å². The molecule has 4 aliphatic rings. The number of alkyl carbamates (subject to hydrolysis) is 2. The number of hydrogen-bond donors (Lipinski definition) is 4. The van der Waals surface area contributed by atoms with Gasteiger partial charge in [-0.15, -0.1) is 0 Å². The number of nitrogens with zero attached hydrogens (tertiary/aromatic N) is 4. The maximum atomic E-state index is 14.7. The van der Waals surface area contributed by atoms with E-state index in [-0.39, 0.29) is 41.9 Å². The minimum Gasteiger partial charge on any atom is -0.488 e. The number of aromatic amines is 2. The van der Waals surface area contributed by atoms with Gasteiger partial charge in [-0.25, -0.2) is 19.6 Å². The van der Waals surface area contributed by atoms with Crippen molar-refractivity contribution in [2.45, 2.75) is 142 Å². The Morgan fingerprint density at radius 1 is 0.851 bits per heavy atom. The zero-order valence-electron chi connectivity index (χ0n) is 40.1. The van der Waals surface area contributed by atoms with Crippen molar-refractivity contribution in [1.29, 1.82) is 0 Å². The molecule has 0 bridgehead atoms. The number of nitrogens with one attached hydrogen (secondary N) is 4. The maximum Gasteiger partial charge on any atom is 0.408 e. The van der Waals surface area contributed by atoms with Crippen molar-refractivity contribution < 1.29 is 38.1 Å². The summed E-state index contributed by atoms with van der Waals surface area (Å²) in [7, 11) is 1.30. The minimum atomic E-state index is -0.793. The highest BCUT2D eigenvalue weighted by Crippen LogP contribution is 2.45. The summed E-state index contributed by atoms with van der Waals surface area (Å²) in [5, 5.41) is 7.69. The van der Waals surface area contributed by atoms with E-state index in [0.29, 0.717) is 44.3 Å². The van der Waals surface area contributed by atoms with Crippen LogP contribution in [-0.2, 0) is 30.4 Å². The number of imidazole rings is 2. The SMILES string of the molecule is COC(=O)N[C@H](C(=O)N1[C@@H](C)CC[C@H]1c1nc2c(ccc3cc4c(cc32)OCc2cc(-c3cnc([C@@H]5CC[C@H](C)N5C(=O)[C@@H](NC(=O)OC(C)(C)C)C5(C)CCOCC5)[nH]3)ccc2-4)[nH]1)C(C)C. The van der Waals surface area contributed by atoms with Crippen molar-refractivity contribution >= 4 is 45.8 Å². The summed E-state index contributed by atoms with van der Waals surface area (Å²) in [6, 6.07) is 12.5. The minimum absolute atomic E-state index is 0.0305. The molecule has 3 aromatic carbocycles. The first-order valence-electron chi connectivity index (χ1n) is 23.8. The molecule has 4 N–H and O–H groups in total. The lowest BCUT2D eigenvalue weighted by molar-refractivity contribution is -0.142. The number of carbonyl (C=O) groups is 4. The fraction of sp³-hybridized carbons (Fsp3) is 0.529. The van der Waals surface area contributed by atoms with Gasteiger partial charge in [-0.05, 0) is 125 Å². The Balaban J connectivity index is 0.958. The maximum absolute atomic E-state index is 14.7. The lowest BCUT2D eigenvalue weighted by atomic mass is 9.75. The van der Waals surface area contributed by atoms with Gasteiger partial charge in [0, 0.05) is 41.7 Å². The van der Waals surface area contributed by atoms with Gasteiger partial charge in [0.2, 0.25) is 11.8 Å². The van der Waals surface area contributed by atoms with Crippen molar-refractivity contribution in [3.8, 4) is 28.1 Å². The molecule has 0 unspecified atom stereocenters. The van der Waals surface area contributed by atoms with Crippen LogP contribution in [0.15, 0.2) is 48.7 Å². The molecule has 4 amide bonds. The number of rotatable bonds is 9. The van der Waals surface area contributed by atoms with E-state index < -0.39 is 35.3 Å². The fourth-order valence-electron chi connectivity index (χ4n) is 10.6. The van der Waals surface area contributed by atoms with E-state index in [1.54, 1.807) is 0 Å². The van der Waals surface area contributed by atoms with Gasteiger partial charge in [0.25, 0.3) is 0 Å². The monoisotopic (exact) mass is 916 g/mol. The molecule has 0 spiro atoms. The molecule has 16 heteroatoms. The van der Waals surface area contributed by atoms with E-state index in [0.717, 1.165) is 81.2 Å². The summed E-state index contributed by atoms with van der Waals surface area (Å²) in [6.45, 7) is 16.8. The number of H-pyrrole nitrogens is 2. The second-order valence-electron chi connectivity index (χ2n) is 20.6. The normalized spacial score (nSPS) is 22.2. The van der Waals surface area contributed by atoms with Crippen LogP contribution in [0.1, 0.15) is 123 Å². The predicted octanol–water partition coefficient (Wildman–Crippen LogP) is 8.86. The Morgan fingerprint density at radius 2 is 1.55 bits per heavy atom. The first-order chi connectivity index (χ1) is 31.9. The first kappa shape index (κ1) is 46.0. The third kappa shape index (κ3) is 8.80. The summed E-state index contributed by atoms with van der Waals surface area (Å²) in [5.41, 5.74) is 5.34. The molecular formula is C51H64N8O8. The number of benzene rings is 3. The van der Waals surface area contributed by atoms with Crippen molar-refractivity contribution in [3.63, 3.8) is 0 Å². The molecule has 0 radical (unpaired) electrons. The van der Waals surface area contributed by atoms with E-state index in [1.165, 1.54) is 7.11 Å². The first-order valence-corrected chi connectivity index (χ1v) is 23.8. The standard InChI is InChI=1S/C51H64N8O8/c1-27(2)41(56-48(62)64-9)46(60)58-28(3)11-17-39(58)45-53-36-15-13-30-23-35-33-14-12-31(22-32(33)26-66-40(35)24-34(30)42(36)55-45)37-25-52-44(54-37)38-16-10-29(4)59(38)47(61)43(51(8)18-20-65-21-19-51)57-49(63)67-50(5,6)7/h12-15,22-25,27-29,38-39,41,43H,10-11,16-21,26H2,1-9H3,(H,52,54)(H,53,55)(H,56,62)(H,57,63)/t28-,29-,38-,39-,41-,43+/m0/s1. The molecule has 5 aromatic rings. The van der Waals surface area contributed by atoms with E-state index in [1.807, 2.05) is 63.6 Å². The van der Waals surface area contributed by atoms with Crippen LogP contribution in [0.3, 0.4) is 0 Å². The van der Waals surface area contributed by atoms with E-state index in [2.05, 4.69) is 70.8 Å². The summed E-state index contributed by atoms with van der Waals surface area (Å²) in [5.74, 6) is 1.76. The quantitative estimate of drug-likeness (QED) is 0.111. The smallest absolute Gasteiger partial charge is 0.408 e. The van der Waals surface area contributed by atoms with Crippen molar-refractivity contribution in [3.05, 3.63) is 65.9 Å².